The van der Waals surface area contributed by atoms with Crippen molar-refractivity contribution in [1.29, 1.82) is 0 Å². The van der Waals surface area contributed by atoms with Gasteiger partial charge in [0.05, 0.1) is 12.1 Å². The Balaban J connectivity index is 1.64. The number of hydrogen-bond donors (Lipinski definition) is 1. The molecule has 3 aromatic rings. The van der Waals surface area contributed by atoms with E-state index < -0.39 is 0 Å². The van der Waals surface area contributed by atoms with Crippen LogP contribution in [0.3, 0.4) is 0 Å². The molecular weight excluding hydrogens is 304 g/mol. The van der Waals surface area contributed by atoms with Crippen LogP contribution >= 0.6 is 11.3 Å². The first-order chi connectivity index (χ1) is 11.2. The number of nitrogens with one attached hydrogen (secondary N) is 1. The monoisotopic (exact) mass is 322 g/mol. The predicted octanol–water partition coefficient (Wildman–Crippen LogP) is 3.98. The van der Waals surface area contributed by atoms with E-state index in [1.54, 1.807) is 11.3 Å². The molecule has 0 fully saturated rings. The molecule has 3 rings (SSSR count). The van der Waals surface area contributed by atoms with Crippen LogP contribution in [0.5, 0.6) is 0 Å². The molecule has 23 heavy (non-hydrogen) atoms. The van der Waals surface area contributed by atoms with E-state index in [2.05, 4.69) is 10.3 Å². The van der Waals surface area contributed by atoms with Gasteiger partial charge in [-0.05, 0) is 12.5 Å². The molecule has 0 atom stereocenters. The van der Waals surface area contributed by atoms with Crippen LogP contribution in [0, 0.1) is 6.92 Å². The highest BCUT2D eigenvalue weighted by atomic mass is 32.1. The lowest BCUT2D eigenvalue weighted by molar-refractivity contribution is -0.120. The standard InChI is InChI=1S/C19H18N2OS/c1-14-17(23-19(21-14)16-10-6-3-7-11-16)12-18(22)20-13-15-8-4-2-5-9-15/h2-11H,12-13H2,1H3,(H,20,22). The van der Waals surface area contributed by atoms with Crippen LogP contribution in [0.15, 0.2) is 60.7 Å². The van der Waals surface area contributed by atoms with Crippen molar-refractivity contribution in [3.63, 3.8) is 0 Å². The number of amides is 1. The maximum absolute atomic E-state index is 12.2. The Kier molecular flexibility index (Phi) is 4.83. The molecule has 0 unspecified atom stereocenters. The molecule has 4 heteroatoms. The molecule has 3 nitrogen and oxygen atoms in total. The Morgan fingerprint density at radius 3 is 2.39 bits per heavy atom. The summed E-state index contributed by atoms with van der Waals surface area (Å²) in [6.45, 7) is 2.52. The van der Waals surface area contributed by atoms with E-state index in [-0.39, 0.29) is 5.91 Å². The Bertz CT molecular complexity index is 782. The molecule has 0 aliphatic carbocycles. The molecule has 0 saturated heterocycles. The van der Waals surface area contributed by atoms with E-state index in [9.17, 15) is 4.79 Å². The highest BCUT2D eigenvalue weighted by Gasteiger charge is 2.12. The van der Waals surface area contributed by atoms with Crippen LogP contribution in [0.25, 0.3) is 10.6 Å². The summed E-state index contributed by atoms with van der Waals surface area (Å²) in [5.41, 5.74) is 3.13. The highest BCUT2D eigenvalue weighted by Crippen LogP contribution is 2.27. The number of rotatable bonds is 5. The van der Waals surface area contributed by atoms with E-state index in [4.69, 9.17) is 0 Å². The SMILES string of the molecule is Cc1nc(-c2ccccc2)sc1CC(=O)NCc1ccccc1. The molecule has 1 N–H and O–H groups in total. The van der Waals surface area contributed by atoms with Crippen LogP contribution in [-0.4, -0.2) is 10.9 Å². The minimum Gasteiger partial charge on any atom is -0.352 e. The van der Waals surface area contributed by atoms with Crippen molar-refractivity contribution in [1.82, 2.24) is 10.3 Å². The van der Waals surface area contributed by atoms with E-state index in [1.165, 1.54) is 0 Å². The van der Waals surface area contributed by atoms with Gasteiger partial charge in [-0.25, -0.2) is 4.98 Å². The number of carbonyl (C=O) groups excluding carboxylic acids is 1. The third-order valence-electron chi connectivity index (χ3n) is 3.57. The summed E-state index contributed by atoms with van der Waals surface area (Å²) in [5.74, 6) is 0.0280. The lowest BCUT2D eigenvalue weighted by Gasteiger charge is -2.04. The summed E-state index contributed by atoms with van der Waals surface area (Å²) in [5, 5.41) is 3.93. The van der Waals surface area contributed by atoms with E-state index in [0.717, 1.165) is 26.7 Å². The number of carbonyl (C=O) groups is 1. The van der Waals surface area contributed by atoms with Gasteiger partial charge in [-0.3, -0.25) is 4.79 Å². The normalized spacial score (nSPS) is 10.5. The van der Waals surface area contributed by atoms with Crippen LogP contribution < -0.4 is 5.32 Å². The van der Waals surface area contributed by atoms with Gasteiger partial charge in [0.25, 0.3) is 0 Å². The van der Waals surface area contributed by atoms with Gasteiger partial charge in [0.2, 0.25) is 5.91 Å². The van der Waals surface area contributed by atoms with Gasteiger partial charge < -0.3 is 5.32 Å². The van der Waals surface area contributed by atoms with Crippen molar-refractivity contribution in [2.45, 2.75) is 19.9 Å². The molecular formula is C19H18N2OS. The third-order valence-corrected chi connectivity index (χ3v) is 4.77. The van der Waals surface area contributed by atoms with Gasteiger partial charge in [-0.1, -0.05) is 60.7 Å². The van der Waals surface area contributed by atoms with Gasteiger partial charge in [0.1, 0.15) is 5.01 Å². The maximum atomic E-state index is 12.2. The molecule has 1 amide bonds. The second-order valence-electron chi connectivity index (χ2n) is 5.33. The fourth-order valence-corrected chi connectivity index (χ4v) is 3.37. The van der Waals surface area contributed by atoms with Crippen LogP contribution in [0.4, 0.5) is 0 Å². The Morgan fingerprint density at radius 1 is 1.04 bits per heavy atom. The first-order valence-electron chi connectivity index (χ1n) is 7.55. The molecule has 0 saturated carbocycles. The fourth-order valence-electron chi connectivity index (χ4n) is 2.30. The van der Waals surface area contributed by atoms with Crippen LogP contribution in [0.2, 0.25) is 0 Å². The summed E-state index contributed by atoms with van der Waals surface area (Å²) in [6, 6.07) is 20.0. The lowest BCUT2D eigenvalue weighted by atomic mass is 10.2. The smallest absolute Gasteiger partial charge is 0.225 e. The minimum atomic E-state index is 0.0280. The summed E-state index contributed by atoms with van der Waals surface area (Å²) < 4.78 is 0. The molecule has 0 bridgehead atoms. The van der Waals surface area contributed by atoms with Gasteiger partial charge in [-0.15, -0.1) is 11.3 Å². The van der Waals surface area contributed by atoms with Gasteiger partial charge in [0, 0.05) is 17.0 Å². The van der Waals surface area contributed by atoms with Crippen LogP contribution in [-0.2, 0) is 17.8 Å². The van der Waals surface area contributed by atoms with E-state index in [0.29, 0.717) is 13.0 Å². The molecule has 1 aromatic heterocycles. The zero-order chi connectivity index (χ0) is 16.1. The van der Waals surface area contributed by atoms with Crippen molar-refractivity contribution in [3.8, 4) is 10.6 Å². The van der Waals surface area contributed by atoms with E-state index in [1.807, 2.05) is 67.6 Å². The summed E-state index contributed by atoms with van der Waals surface area (Å²) >= 11 is 1.59. The first kappa shape index (κ1) is 15.4. The second-order valence-corrected chi connectivity index (χ2v) is 6.42. The largest absolute Gasteiger partial charge is 0.352 e. The summed E-state index contributed by atoms with van der Waals surface area (Å²) in [7, 11) is 0. The van der Waals surface area contributed by atoms with Crippen LogP contribution in [0.1, 0.15) is 16.1 Å². The zero-order valence-corrected chi connectivity index (χ0v) is 13.8. The summed E-state index contributed by atoms with van der Waals surface area (Å²) in [6.07, 6.45) is 0.378. The molecule has 1 heterocycles. The van der Waals surface area contributed by atoms with Gasteiger partial charge in [0.15, 0.2) is 0 Å². The Labute approximate surface area is 140 Å². The first-order valence-corrected chi connectivity index (χ1v) is 8.36. The van der Waals surface area contributed by atoms with Crippen molar-refractivity contribution < 1.29 is 4.79 Å². The summed E-state index contributed by atoms with van der Waals surface area (Å²) in [4.78, 5) is 17.8. The number of aryl methyl sites for hydroxylation is 1. The predicted molar refractivity (Wildman–Crippen MR) is 94.3 cm³/mol. The van der Waals surface area contributed by atoms with Crippen molar-refractivity contribution in [2.24, 2.45) is 0 Å². The fraction of sp³-hybridized carbons (Fsp3) is 0.158. The van der Waals surface area contributed by atoms with Gasteiger partial charge in [-0.2, -0.15) is 0 Å². The highest BCUT2D eigenvalue weighted by molar-refractivity contribution is 7.15. The zero-order valence-electron chi connectivity index (χ0n) is 13.0. The molecule has 0 aliphatic heterocycles. The molecule has 0 radical (unpaired) electrons. The number of hydrogen-bond acceptors (Lipinski definition) is 3. The second kappa shape index (κ2) is 7.20. The third kappa shape index (κ3) is 4.05. The van der Waals surface area contributed by atoms with Crippen molar-refractivity contribution in [3.05, 3.63) is 76.8 Å². The minimum absolute atomic E-state index is 0.0280. The molecule has 116 valence electrons. The molecule has 0 aliphatic rings. The average Bonchev–Trinajstić information content (AvgIpc) is 2.95. The van der Waals surface area contributed by atoms with E-state index >= 15 is 0 Å². The lowest BCUT2D eigenvalue weighted by Crippen LogP contribution is -2.24. The Morgan fingerprint density at radius 2 is 1.70 bits per heavy atom. The number of aromatic nitrogens is 1. The number of nitrogens with zero attached hydrogens (tertiary/aromatic N) is 1. The maximum Gasteiger partial charge on any atom is 0.225 e. The number of benzene rings is 2. The molecule has 2 aromatic carbocycles. The van der Waals surface area contributed by atoms with Crippen molar-refractivity contribution >= 4 is 17.2 Å². The molecule has 0 spiro atoms. The average molecular weight is 322 g/mol. The van der Waals surface area contributed by atoms with Crippen molar-refractivity contribution in [2.75, 3.05) is 0 Å². The number of thiazole rings is 1. The topological polar surface area (TPSA) is 42.0 Å². The van der Waals surface area contributed by atoms with Gasteiger partial charge >= 0.3 is 0 Å². The quantitative estimate of drug-likeness (QED) is 0.772. The Hall–Kier alpha value is -2.46.